The first kappa shape index (κ1) is 10.8. The van der Waals surface area contributed by atoms with Gasteiger partial charge in [0.05, 0.1) is 17.7 Å². The molecule has 80 valence electrons. The van der Waals surface area contributed by atoms with Crippen LogP contribution in [-0.2, 0) is 4.74 Å². The standard InChI is InChI=1S/C11H9BrF2O/c12-9-5-8(10(13)6-11(9)14)7-1-3-15-4-2-7/h1,5-6H,2-4H2. The van der Waals surface area contributed by atoms with E-state index in [-0.39, 0.29) is 4.47 Å². The minimum atomic E-state index is -0.580. The molecule has 4 heteroatoms. The molecule has 0 atom stereocenters. The Morgan fingerprint density at radius 2 is 2.00 bits per heavy atom. The summed E-state index contributed by atoms with van der Waals surface area (Å²) in [6.45, 7) is 1.07. The van der Waals surface area contributed by atoms with E-state index >= 15 is 0 Å². The molecule has 0 amide bonds. The lowest BCUT2D eigenvalue weighted by Crippen LogP contribution is -2.05. The van der Waals surface area contributed by atoms with Gasteiger partial charge in [0.2, 0.25) is 0 Å². The van der Waals surface area contributed by atoms with Gasteiger partial charge in [-0.3, -0.25) is 0 Å². The van der Waals surface area contributed by atoms with Crippen LogP contribution in [0.4, 0.5) is 8.78 Å². The average molecular weight is 275 g/mol. The van der Waals surface area contributed by atoms with Gasteiger partial charge in [0, 0.05) is 11.6 Å². The van der Waals surface area contributed by atoms with Crippen molar-refractivity contribution in [3.8, 4) is 0 Å². The topological polar surface area (TPSA) is 9.23 Å². The zero-order valence-corrected chi connectivity index (χ0v) is 9.48. The molecule has 0 N–H and O–H groups in total. The van der Waals surface area contributed by atoms with Gasteiger partial charge in [-0.25, -0.2) is 8.78 Å². The number of hydrogen-bond donors (Lipinski definition) is 0. The van der Waals surface area contributed by atoms with Crippen LogP contribution in [0.15, 0.2) is 22.7 Å². The summed E-state index contributed by atoms with van der Waals surface area (Å²) < 4.78 is 31.9. The summed E-state index contributed by atoms with van der Waals surface area (Å²) in [6, 6.07) is 2.37. The molecule has 1 nitrogen and oxygen atoms in total. The molecule has 0 aromatic heterocycles. The summed E-state index contributed by atoms with van der Waals surface area (Å²) in [5.74, 6) is -1.10. The number of rotatable bonds is 1. The fourth-order valence-electron chi connectivity index (χ4n) is 1.54. The molecule has 15 heavy (non-hydrogen) atoms. The molecule has 0 saturated heterocycles. The van der Waals surface area contributed by atoms with Gasteiger partial charge in [-0.05, 0) is 34.0 Å². The second-order valence-corrected chi connectivity index (χ2v) is 4.15. The highest BCUT2D eigenvalue weighted by Gasteiger charge is 2.13. The molecule has 0 bridgehead atoms. The maximum atomic E-state index is 13.5. The van der Waals surface area contributed by atoms with E-state index in [1.165, 1.54) is 6.07 Å². The molecule has 0 radical (unpaired) electrons. The highest BCUT2D eigenvalue weighted by Crippen LogP contribution is 2.28. The molecule has 0 saturated carbocycles. The zero-order valence-electron chi connectivity index (χ0n) is 7.90. The third-order valence-corrected chi connectivity index (χ3v) is 2.93. The molecule has 1 aromatic carbocycles. The second-order valence-electron chi connectivity index (χ2n) is 3.30. The number of benzene rings is 1. The Bertz CT molecular complexity index is 415. The van der Waals surface area contributed by atoms with Crippen molar-refractivity contribution in [2.24, 2.45) is 0 Å². The van der Waals surface area contributed by atoms with Crippen molar-refractivity contribution < 1.29 is 13.5 Å². The van der Waals surface area contributed by atoms with Crippen LogP contribution in [0.5, 0.6) is 0 Å². The molecule has 0 aliphatic carbocycles. The predicted octanol–water partition coefficient (Wildman–Crippen LogP) is 3.53. The summed E-state index contributed by atoms with van der Waals surface area (Å²) in [7, 11) is 0. The normalized spacial score (nSPS) is 16.3. The van der Waals surface area contributed by atoms with E-state index in [0.717, 1.165) is 11.6 Å². The smallest absolute Gasteiger partial charge is 0.140 e. The van der Waals surface area contributed by atoms with Crippen molar-refractivity contribution >= 4 is 21.5 Å². The van der Waals surface area contributed by atoms with Gasteiger partial charge in [-0.2, -0.15) is 0 Å². The molecule has 0 unspecified atom stereocenters. The van der Waals surface area contributed by atoms with Gasteiger partial charge in [-0.15, -0.1) is 0 Å². The summed E-state index contributed by atoms with van der Waals surface area (Å²) in [6.07, 6.45) is 2.49. The Hall–Kier alpha value is -0.740. The Morgan fingerprint density at radius 3 is 2.67 bits per heavy atom. The quantitative estimate of drug-likeness (QED) is 0.712. The lowest BCUT2D eigenvalue weighted by molar-refractivity contribution is 0.161. The van der Waals surface area contributed by atoms with Crippen LogP contribution in [0.3, 0.4) is 0 Å². The summed E-state index contributed by atoms with van der Waals surface area (Å²) >= 11 is 3.05. The van der Waals surface area contributed by atoms with Gasteiger partial charge in [0.15, 0.2) is 0 Å². The monoisotopic (exact) mass is 274 g/mol. The molecule has 0 fully saturated rings. The van der Waals surface area contributed by atoms with Crippen molar-refractivity contribution in [3.05, 3.63) is 39.9 Å². The predicted molar refractivity (Wildman–Crippen MR) is 57.5 cm³/mol. The number of ether oxygens (including phenoxy) is 1. The largest absolute Gasteiger partial charge is 0.377 e. The van der Waals surface area contributed by atoms with E-state index in [1.807, 2.05) is 6.08 Å². The SMILES string of the molecule is Fc1cc(F)c(C2=CCOCC2)cc1Br. The first-order valence-corrected chi connectivity index (χ1v) is 5.39. The summed E-state index contributed by atoms with van der Waals surface area (Å²) in [5, 5.41) is 0. The van der Waals surface area contributed by atoms with Crippen LogP contribution in [0.1, 0.15) is 12.0 Å². The third kappa shape index (κ3) is 2.26. The molecule has 1 aromatic rings. The van der Waals surface area contributed by atoms with Crippen molar-refractivity contribution in [1.82, 2.24) is 0 Å². The number of hydrogen-bond acceptors (Lipinski definition) is 1. The molecule has 2 rings (SSSR count). The first-order chi connectivity index (χ1) is 7.18. The molecule has 1 aliphatic rings. The van der Waals surface area contributed by atoms with Crippen LogP contribution in [0, 0.1) is 11.6 Å². The van der Waals surface area contributed by atoms with Gasteiger partial charge in [-0.1, -0.05) is 6.08 Å². The molecule has 0 spiro atoms. The third-order valence-electron chi connectivity index (χ3n) is 2.32. The zero-order chi connectivity index (χ0) is 10.8. The molecular weight excluding hydrogens is 266 g/mol. The van der Waals surface area contributed by atoms with Gasteiger partial charge in [0.25, 0.3) is 0 Å². The van der Waals surface area contributed by atoms with E-state index in [2.05, 4.69) is 15.9 Å². The van der Waals surface area contributed by atoms with E-state index in [9.17, 15) is 8.78 Å². The lowest BCUT2D eigenvalue weighted by Gasteiger charge is -2.14. The highest BCUT2D eigenvalue weighted by atomic mass is 79.9. The highest BCUT2D eigenvalue weighted by molar-refractivity contribution is 9.10. The minimum Gasteiger partial charge on any atom is -0.377 e. The van der Waals surface area contributed by atoms with Gasteiger partial charge in [0.1, 0.15) is 11.6 Å². The first-order valence-electron chi connectivity index (χ1n) is 4.60. The fourth-order valence-corrected chi connectivity index (χ4v) is 1.88. The van der Waals surface area contributed by atoms with E-state index in [1.54, 1.807) is 0 Å². The molecule has 1 aliphatic heterocycles. The van der Waals surface area contributed by atoms with Gasteiger partial charge >= 0.3 is 0 Å². The Labute approximate surface area is 94.9 Å². The molecule has 1 heterocycles. The van der Waals surface area contributed by atoms with Crippen LogP contribution in [-0.4, -0.2) is 13.2 Å². The maximum Gasteiger partial charge on any atom is 0.140 e. The lowest BCUT2D eigenvalue weighted by atomic mass is 10.0. The summed E-state index contributed by atoms with van der Waals surface area (Å²) in [4.78, 5) is 0. The van der Waals surface area contributed by atoms with E-state index in [0.29, 0.717) is 25.2 Å². The molecular formula is C11H9BrF2O. The van der Waals surface area contributed by atoms with Crippen LogP contribution >= 0.6 is 15.9 Å². The van der Waals surface area contributed by atoms with Crippen LogP contribution in [0.25, 0.3) is 5.57 Å². The maximum absolute atomic E-state index is 13.5. The average Bonchev–Trinajstić information content (AvgIpc) is 2.25. The van der Waals surface area contributed by atoms with Crippen molar-refractivity contribution in [2.45, 2.75) is 6.42 Å². The van der Waals surface area contributed by atoms with Gasteiger partial charge < -0.3 is 4.74 Å². The van der Waals surface area contributed by atoms with E-state index in [4.69, 9.17) is 4.74 Å². The van der Waals surface area contributed by atoms with E-state index < -0.39 is 11.6 Å². The summed E-state index contributed by atoms with van der Waals surface area (Å²) in [5.41, 5.74) is 1.33. The van der Waals surface area contributed by atoms with Crippen molar-refractivity contribution in [2.75, 3.05) is 13.2 Å². The Kier molecular flexibility index (Phi) is 3.17. The minimum absolute atomic E-state index is 0.284. The second kappa shape index (κ2) is 4.41. The van der Waals surface area contributed by atoms with Crippen LogP contribution < -0.4 is 0 Å². The van der Waals surface area contributed by atoms with Crippen LogP contribution in [0.2, 0.25) is 0 Å². The van der Waals surface area contributed by atoms with Crippen molar-refractivity contribution in [3.63, 3.8) is 0 Å². The Morgan fingerprint density at radius 1 is 1.20 bits per heavy atom. The van der Waals surface area contributed by atoms with Crippen molar-refractivity contribution in [1.29, 1.82) is 0 Å². The number of halogens is 3. The Balaban J connectivity index is 2.43. The fraction of sp³-hybridized carbons (Fsp3) is 0.273.